The van der Waals surface area contributed by atoms with E-state index in [0.717, 1.165) is 16.9 Å². The molecular weight excluding hydrogens is 330 g/mol. The van der Waals surface area contributed by atoms with Gasteiger partial charge < -0.3 is 4.90 Å². The van der Waals surface area contributed by atoms with E-state index < -0.39 is 0 Å². The van der Waals surface area contributed by atoms with Crippen LogP contribution in [0.2, 0.25) is 0 Å². The minimum absolute atomic E-state index is 0.00229. The van der Waals surface area contributed by atoms with Gasteiger partial charge in [0.25, 0.3) is 5.91 Å². The predicted molar refractivity (Wildman–Crippen MR) is 93.8 cm³/mol. The largest absolute Gasteiger partial charge is 0.338 e. The molecular formula is C16H17N3O2S2. The molecule has 3 aromatic rings. The van der Waals surface area contributed by atoms with Crippen molar-refractivity contribution < 1.29 is 9.59 Å². The average Bonchev–Trinajstić information content (AvgIpc) is 3.24. The van der Waals surface area contributed by atoms with Crippen LogP contribution in [0.25, 0.3) is 15.5 Å². The van der Waals surface area contributed by atoms with Gasteiger partial charge in [0.2, 0.25) is 0 Å². The molecule has 0 atom stereocenters. The highest BCUT2D eigenvalue weighted by Gasteiger charge is 2.24. The van der Waals surface area contributed by atoms with Crippen LogP contribution >= 0.6 is 22.7 Å². The average molecular weight is 347 g/mol. The van der Waals surface area contributed by atoms with Crippen molar-refractivity contribution in [2.75, 3.05) is 13.1 Å². The third-order valence-corrected chi connectivity index (χ3v) is 5.86. The van der Waals surface area contributed by atoms with Crippen molar-refractivity contribution in [3.8, 4) is 10.6 Å². The van der Waals surface area contributed by atoms with Gasteiger partial charge in [-0.3, -0.25) is 14.0 Å². The number of rotatable bonds is 5. The number of thiophene rings is 1. The zero-order chi connectivity index (χ0) is 16.6. The standard InChI is InChI=1S/C16H17N3O2S2/c1-4-18(5-2)15(21)14-10(3)19-11(9-20)13(17-16(19)23-14)12-7-6-8-22-12/h6-9H,4-5H2,1-3H3. The van der Waals surface area contributed by atoms with Gasteiger partial charge in [0.1, 0.15) is 16.3 Å². The Kier molecular flexibility index (Phi) is 4.32. The molecule has 3 aromatic heterocycles. The quantitative estimate of drug-likeness (QED) is 0.661. The summed E-state index contributed by atoms with van der Waals surface area (Å²) in [5.74, 6) is -0.00229. The Morgan fingerprint density at radius 1 is 1.39 bits per heavy atom. The van der Waals surface area contributed by atoms with E-state index in [9.17, 15) is 9.59 Å². The summed E-state index contributed by atoms with van der Waals surface area (Å²) >= 11 is 2.89. The van der Waals surface area contributed by atoms with Gasteiger partial charge in [-0.2, -0.15) is 0 Å². The second-order valence-electron chi connectivity index (χ2n) is 5.05. The van der Waals surface area contributed by atoms with Crippen LogP contribution in [0.3, 0.4) is 0 Å². The van der Waals surface area contributed by atoms with E-state index in [-0.39, 0.29) is 5.91 Å². The number of hydrogen-bond donors (Lipinski definition) is 0. The molecule has 3 heterocycles. The molecule has 0 fully saturated rings. The van der Waals surface area contributed by atoms with E-state index in [1.165, 1.54) is 11.3 Å². The molecule has 0 unspecified atom stereocenters. The van der Waals surface area contributed by atoms with Crippen LogP contribution in [0.15, 0.2) is 17.5 Å². The number of amides is 1. The maximum Gasteiger partial charge on any atom is 0.265 e. The molecule has 0 N–H and O–H groups in total. The zero-order valence-electron chi connectivity index (χ0n) is 13.2. The molecule has 7 heteroatoms. The smallest absolute Gasteiger partial charge is 0.265 e. The summed E-state index contributed by atoms with van der Waals surface area (Å²) in [7, 11) is 0. The van der Waals surface area contributed by atoms with Gasteiger partial charge in [-0.05, 0) is 32.2 Å². The Bertz CT molecular complexity index is 858. The molecule has 0 spiro atoms. The lowest BCUT2D eigenvalue weighted by Crippen LogP contribution is -2.30. The highest BCUT2D eigenvalue weighted by molar-refractivity contribution is 7.19. The zero-order valence-corrected chi connectivity index (χ0v) is 14.8. The van der Waals surface area contributed by atoms with Crippen molar-refractivity contribution in [2.24, 2.45) is 0 Å². The molecule has 3 rings (SSSR count). The molecule has 0 aromatic carbocycles. The molecule has 0 saturated carbocycles. The van der Waals surface area contributed by atoms with Crippen molar-refractivity contribution in [3.63, 3.8) is 0 Å². The third-order valence-electron chi connectivity index (χ3n) is 3.85. The van der Waals surface area contributed by atoms with E-state index >= 15 is 0 Å². The van der Waals surface area contributed by atoms with Crippen molar-refractivity contribution in [2.45, 2.75) is 20.8 Å². The second kappa shape index (κ2) is 6.25. The van der Waals surface area contributed by atoms with Crippen LogP contribution in [0.1, 0.15) is 39.7 Å². The van der Waals surface area contributed by atoms with Gasteiger partial charge in [0.05, 0.1) is 4.88 Å². The highest BCUT2D eigenvalue weighted by atomic mass is 32.1. The van der Waals surface area contributed by atoms with Gasteiger partial charge >= 0.3 is 0 Å². The number of imidazole rings is 1. The monoisotopic (exact) mass is 347 g/mol. The molecule has 0 aliphatic heterocycles. The summed E-state index contributed by atoms with van der Waals surface area (Å²) in [6.45, 7) is 7.11. The normalized spacial score (nSPS) is 11.1. The predicted octanol–water partition coefficient (Wildman–Crippen LogP) is 3.73. The fourth-order valence-electron chi connectivity index (χ4n) is 2.63. The topological polar surface area (TPSA) is 54.7 Å². The lowest BCUT2D eigenvalue weighted by atomic mass is 10.2. The lowest BCUT2D eigenvalue weighted by molar-refractivity contribution is 0.0776. The second-order valence-corrected chi connectivity index (χ2v) is 6.98. The van der Waals surface area contributed by atoms with E-state index in [1.807, 2.05) is 38.3 Å². The molecule has 5 nitrogen and oxygen atoms in total. The van der Waals surface area contributed by atoms with Crippen LogP contribution in [0.5, 0.6) is 0 Å². The van der Waals surface area contributed by atoms with Crippen LogP contribution in [0.4, 0.5) is 0 Å². The van der Waals surface area contributed by atoms with Crippen molar-refractivity contribution in [3.05, 3.63) is 33.8 Å². The number of aryl methyl sites for hydroxylation is 1. The molecule has 0 aliphatic carbocycles. The van der Waals surface area contributed by atoms with Crippen molar-refractivity contribution in [1.29, 1.82) is 0 Å². The minimum Gasteiger partial charge on any atom is -0.338 e. The number of thiazole rings is 1. The maximum absolute atomic E-state index is 12.6. The Labute approximate surface area is 142 Å². The summed E-state index contributed by atoms with van der Waals surface area (Å²) in [5, 5.41) is 1.96. The van der Waals surface area contributed by atoms with Gasteiger partial charge in [0.15, 0.2) is 11.2 Å². The van der Waals surface area contributed by atoms with Crippen molar-refractivity contribution >= 4 is 39.8 Å². The Balaban J connectivity index is 2.16. The first-order valence-electron chi connectivity index (χ1n) is 7.42. The first-order valence-corrected chi connectivity index (χ1v) is 9.12. The van der Waals surface area contributed by atoms with E-state index in [1.54, 1.807) is 20.6 Å². The van der Waals surface area contributed by atoms with E-state index in [0.29, 0.717) is 34.3 Å². The van der Waals surface area contributed by atoms with Gasteiger partial charge in [0, 0.05) is 18.8 Å². The van der Waals surface area contributed by atoms with Crippen LogP contribution in [0, 0.1) is 6.92 Å². The number of fused-ring (bicyclic) bond motifs is 1. The van der Waals surface area contributed by atoms with E-state index in [4.69, 9.17) is 0 Å². The Morgan fingerprint density at radius 2 is 2.13 bits per heavy atom. The number of carbonyl (C=O) groups is 2. The van der Waals surface area contributed by atoms with E-state index in [2.05, 4.69) is 4.98 Å². The Hall–Kier alpha value is -1.99. The minimum atomic E-state index is -0.00229. The summed E-state index contributed by atoms with van der Waals surface area (Å²) in [5.41, 5.74) is 1.97. The molecule has 0 aliphatic rings. The summed E-state index contributed by atoms with van der Waals surface area (Å²) in [4.78, 5) is 32.9. The van der Waals surface area contributed by atoms with Crippen LogP contribution in [-0.2, 0) is 0 Å². The first-order chi connectivity index (χ1) is 11.1. The lowest BCUT2D eigenvalue weighted by Gasteiger charge is -2.17. The summed E-state index contributed by atoms with van der Waals surface area (Å²) in [6, 6.07) is 3.88. The first kappa shape index (κ1) is 15.9. The van der Waals surface area contributed by atoms with Crippen LogP contribution < -0.4 is 0 Å². The third kappa shape index (κ3) is 2.49. The van der Waals surface area contributed by atoms with Gasteiger partial charge in [-0.25, -0.2) is 4.98 Å². The molecule has 1 amide bonds. The number of carbonyl (C=O) groups excluding carboxylic acids is 2. The highest BCUT2D eigenvalue weighted by Crippen LogP contribution is 2.32. The molecule has 0 saturated heterocycles. The Morgan fingerprint density at radius 3 is 2.70 bits per heavy atom. The number of nitrogens with zero attached hydrogens (tertiary/aromatic N) is 3. The number of aldehydes is 1. The maximum atomic E-state index is 12.6. The molecule has 120 valence electrons. The van der Waals surface area contributed by atoms with Crippen LogP contribution in [-0.4, -0.2) is 39.6 Å². The van der Waals surface area contributed by atoms with Gasteiger partial charge in [-0.15, -0.1) is 11.3 Å². The fraction of sp³-hybridized carbons (Fsp3) is 0.312. The molecule has 0 radical (unpaired) electrons. The number of hydrogen-bond acceptors (Lipinski definition) is 5. The summed E-state index contributed by atoms with van der Waals surface area (Å²) < 4.78 is 1.80. The fourth-order valence-corrected chi connectivity index (χ4v) is 4.45. The van der Waals surface area contributed by atoms with Gasteiger partial charge in [-0.1, -0.05) is 17.4 Å². The molecule has 23 heavy (non-hydrogen) atoms. The van der Waals surface area contributed by atoms with Crippen molar-refractivity contribution in [1.82, 2.24) is 14.3 Å². The SMILES string of the molecule is CCN(CC)C(=O)c1sc2nc(-c3cccs3)c(C=O)n2c1C. The summed E-state index contributed by atoms with van der Waals surface area (Å²) in [6.07, 6.45) is 0.820. The number of aromatic nitrogens is 2. The molecule has 0 bridgehead atoms.